The lowest BCUT2D eigenvalue weighted by atomic mass is 10.0. The van der Waals surface area contributed by atoms with E-state index in [1.807, 2.05) is 19.3 Å². The third kappa shape index (κ3) is 3.53. The molecule has 0 fully saturated rings. The van der Waals surface area contributed by atoms with Crippen LogP contribution in [0.2, 0.25) is 0 Å². The number of fused-ring (bicyclic) bond motifs is 1. The molecule has 112 valence electrons. The number of nitrogens with zero attached hydrogens (tertiary/aromatic N) is 2. The molecule has 21 heavy (non-hydrogen) atoms. The maximum absolute atomic E-state index is 11.9. The summed E-state index contributed by atoms with van der Waals surface area (Å²) in [6, 6.07) is 4.06. The number of amides is 1. The molecule has 2 aromatic heterocycles. The molecule has 4 nitrogen and oxygen atoms in total. The topological polar surface area (TPSA) is 46.9 Å². The molecule has 2 heterocycles. The van der Waals surface area contributed by atoms with Gasteiger partial charge in [-0.3, -0.25) is 4.79 Å². The van der Waals surface area contributed by atoms with Gasteiger partial charge in [-0.2, -0.15) is 0 Å². The van der Waals surface area contributed by atoms with Crippen LogP contribution in [0.25, 0.3) is 0 Å². The van der Waals surface area contributed by atoms with E-state index < -0.39 is 0 Å². The number of aromatic nitrogens is 2. The second kappa shape index (κ2) is 6.43. The van der Waals surface area contributed by atoms with E-state index in [9.17, 15) is 4.79 Å². The first kappa shape index (κ1) is 14.3. The number of carbonyl (C=O) groups excluding carboxylic acids is 1. The van der Waals surface area contributed by atoms with Crippen LogP contribution in [0.15, 0.2) is 18.3 Å². The molecule has 1 amide bonds. The number of hydrogen-bond donors (Lipinski definition) is 1. The van der Waals surface area contributed by atoms with Crippen LogP contribution in [0.3, 0.4) is 0 Å². The first-order valence-electron chi connectivity index (χ1n) is 7.57. The minimum absolute atomic E-state index is 0.101. The van der Waals surface area contributed by atoms with Crippen molar-refractivity contribution in [2.24, 2.45) is 7.05 Å². The van der Waals surface area contributed by atoms with Crippen molar-refractivity contribution in [1.29, 1.82) is 0 Å². The summed E-state index contributed by atoms with van der Waals surface area (Å²) in [5.41, 5.74) is 2.45. The van der Waals surface area contributed by atoms with Crippen LogP contribution in [0.1, 0.15) is 40.5 Å². The van der Waals surface area contributed by atoms with Gasteiger partial charge in [-0.1, -0.05) is 0 Å². The molecule has 0 bridgehead atoms. The van der Waals surface area contributed by atoms with E-state index in [4.69, 9.17) is 0 Å². The van der Waals surface area contributed by atoms with E-state index >= 15 is 0 Å². The van der Waals surface area contributed by atoms with Crippen LogP contribution in [-0.2, 0) is 37.6 Å². The van der Waals surface area contributed by atoms with Gasteiger partial charge in [0.05, 0.1) is 12.2 Å². The van der Waals surface area contributed by atoms with Gasteiger partial charge in [0.25, 0.3) is 0 Å². The molecular weight excluding hydrogens is 282 g/mol. The second-order valence-electron chi connectivity index (χ2n) is 5.57. The highest BCUT2D eigenvalue weighted by Gasteiger charge is 2.15. The molecule has 3 rings (SSSR count). The molecule has 2 aromatic rings. The predicted octanol–water partition coefficient (Wildman–Crippen LogP) is 2.61. The SMILES string of the molecule is Cn1cccc1CCC(=O)NCc1nc2c(s1)CCCC2. The van der Waals surface area contributed by atoms with Crippen molar-refractivity contribution >= 4 is 17.2 Å². The lowest BCUT2D eigenvalue weighted by molar-refractivity contribution is -0.121. The predicted molar refractivity (Wildman–Crippen MR) is 84.3 cm³/mol. The summed E-state index contributed by atoms with van der Waals surface area (Å²) >= 11 is 1.77. The van der Waals surface area contributed by atoms with Crippen molar-refractivity contribution in [3.05, 3.63) is 39.6 Å². The molecule has 0 aromatic carbocycles. The largest absolute Gasteiger partial charge is 0.354 e. The molecule has 0 unspecified atom stereocenters. The Morgan fingerprint density at radius 1 is 1.43 bits per heavy atom. The Morgan fingerprint density at radius 2 is 2.29 bits per heavy atom. The van der Waals surface area contributed by atoms with Crippen LogP contribution in [0.5, 0.6) is 0 Å². The molecule has 0 saturated heterocycles. The Labute approximate surface area is 129 Å². The quantitative estimate of drug-likeness (QED) is 0.923. The lowest BCUT2D eigenvalue weighted by Crippen LogP contribution is -2.23. The Balaban J connectivity index is 1.47. The zero-order valence-corrected chi connectivity index (χ0v) is 13.2. The fraction of sp³-hybridized carbons (Fsp3) is 0.500. The van der Waals surface area contributed by atoms with Crippen LogP contribution >= 0.6 is 11.3 Å². The van der Waals surface area contributed by atoms with Crippen LogP contribution in [0, 0.1) is 0 Å². The van der Waals surface area contributed by atoms with Gasteiger partial charge in [-0.15, -0.1) is 11.3 Å². The summed E-state index contributed by atoms with van der Waals surface area (Å²) < 4.78 is 2.06. The summed E-state index contributed by atoms with van der Waals surface area (Å²) in [5.74, 6) is 0.101. The molecular formula is C16H21N3OS. The van der Waals surface area contributed by atoms with E-state index in [-0.39, 0.29) is 5.91 Å². The van der Waals surface area contributed by atoms with Crippen molar-refractivity contribution in [1.82, 2.24) is 14.9 Å². The van der Waals surface area contributed by atoms with Crippen molar-refractivity contribution in [3.63, 3.8) is 0 Å². The zero-order chi connectivity index (χ0) is 14.7. The average molecular weight is 303 g/mol. The molecule has 0 spiro atoms. The highest BCUT2D eigenvalue weighted by Crippen LogP contribution is 2.26. The van der Waals surface area contributed by atoms with Crippen LogP contribution < -0.4 is 5.32 Å². The van der Waals surface area contributed by atoms with E-state index in [0.29, 0.717) is 13.0 Å². The summed E-state index contributed by atoms with van der Waals surface area (Å²) in [5, 5.41) is 4.04. The highest BCUT2D eigenvalue weighted by atomic mass is 32.1. The van der Waals surface area contributed by atoms with Gasteiger partial charge < -0.3 is 9.88 Å². The summed E-state index contributed by atoms with van der Waals surface area (Å²) in [6.07, 6.45) is 8.11. The number of hydrogen-bond acceptors (Lipinski definition) is 3. The van der Waals surface area contributed by atoms with Gasteiger partial charge in [-0.25, -0.2) is 4.98 Å². The molecule has 1 aliphatic carbocycles. The second-order valence-corrected chi connectivity index (χ2v) is 6.74. The van der Waals surface area contributed by atoms with Crippen molar-refractivity contribution in [3.8, 4) is 0 Å². The van der Waals surface area contributed by atoms with E-state index in [2.05, 4.69) is 20.9 Å². The summed E-state index contributed by atoms with van der Waals surface area (Å²) in [7, 11) is 2.01. The van der Waals surface area contributed by atoms with E-state index in [0.717, 1.165) is 24.3 Å². The van der Waals surface area contributed by atoms with Crippen molar-refractivity contribution in [2.45, 2.75) is 45.1 Å². The average Bonchev–Trinajstić information content (AvgIpc) is 3.08. The minimum Gasteiger partial charge on any atom is -0.354 e. The molecule has 1 N–H and O–H groups in total. The molecule has 1 aliphatic rings. The van der Waals surface area contributed by atoms with Gasteiger partial charge in [-0.05, 0) is 44.2 Å². The summed E-state index contributed by atoms with van der Waals surface area (Å²) in [6.45, 7) is 0.573. The van der Waals surface area contributed by atoms with Crippen LogP contribution in [-0.4, -0.2) is 15.5 Å². The monoisotopic (exact) mass is 303 g/mol. The van der Waals surface area contributed by atoms with Crippen LogP contribution in [0.4, 0.5) is 0 Å². The molecule has 0 atom stereocenters. The Kier molecular flexibility index (Phi) is 4.39. The Bertz CT molecular complexity index is 606. The minimum atomic E-state index is 0.101. The number of aryl methyl sites for hydroxylation is 4. The Morgan fingerprint density at radius 3 is 3.05 bits per heavy atom. The smallest absolute Gasteiger partial charge is 0.220 e. The summed E-state index contributed by atoms with van der Waals surface area (Å²) in [4.78, 5) is 18.0. The van der Waals surface area contributed by atoms with Crippen molar-refractivity contribution < 1.29 is 4.79 Å². The standard InChI is InChI=1S/C16H21N3OS/c1-19-10-4-5-12(19)8-9-15(20)17-11-16-18-13-6-2-3-7-14(13)21-16/h4-5,10H,2-3,6-9,11H2,1H3,(H,17,20). The molecule has 5 heteroatoms. The van der Waals surface area contributed by atoms with Gasteiger partial charge in [0.2, 0.25) is 5.91 Å². The maximum atomic E-state index is 11.9. The highest BCUT2D eigenvalue weighted by molar-refractivity contribution is 7.11. The van der Waals surface area contributed by atoms with Gasteiger partial charge >= 0.3 is 0 Å². The first-order valence-corrected chi connectivity index (χ1v) is 8.38. The fourth-order valence-electron chi connectivity index (χ4n) is 2.74. The van der Waals surface area contributed by atoms with E-state index in [1.165, 1.54) is 29.1 Å². The van der Waals surface area contributed by atoms with Gasteiger partial charge in [0.15, 0.2) is 0 Å². The van der Waals surface area contributed by atoms with E-state index in [1.54, 1.807) is 11.3 Å². The zero-order valence-electron chi connectivity index (χ0n) is 12.4. The lowest BCUT2D eigenvalue weighted by Gasteiger charge is -2.06. The Hall–Kier alpha value is -1.62. The molecule has 0 saturated carbocycles. The third-order valence-corrected chi connectivity index (χ3v) is 5.14. The maximum Gasteiger partial charge on any atom is 0.220 e. The van der Waals surface area contributed by atoms with Gasteiger partial charge in [0.1, 0.15) is 5.01 Å². The normalized spacial score (nSPS) is 14.0. The van der Waals surface area contributed by atoms with Crippen molar-refractivity contribution in [2.75, 3.05) is 0 Å². The third-order valence-electron chi connectivity index (χ3n) is 3.99. The number of carbonyl (C=O) groups is 1. The number of nitrogens with one attached hydrogen (secondary N) is 1. The van der Waals surface area contributed by atoms with Gasteiger partial charge in [0, 0.05) is 30.2 Å². The molecule has 0 radical (unpaired) electrons. The molecule has 0 aliphatic heterocycles. The fourth-order valence-corrected chi connectivity index (χ4v) is 3.84. The first-order chi connectivity index (χ1) is 10.2. The number of thiazole rings is 1. The number of rotatable bonds is 5.